The number of aliphatic imine (C=N–C) groups is 1. The Hall–Kier alpha value is -3.17. The van der Waals surface area contributed by atoms with Crippen LogP contribution in [-0.4, -0.2) is 34.2 Å². The van der Waals surface area contributed by atoms with E-state index in [9.17, 15) is 14.0 Å². The lowest BCUT2D eigenvalue weighted by Gasteiger charge is -2.15. The second-order valence-corrected chi connectivity index (χ2v) is 9.17. The van der Waals surface area contributed by atoms with E-state index >= 15 is 0 Å². The van der Waals surface area contributed by atoms with Crippen molar-refractivity contribution in [1.29, 1.82) is 0 Å². The quantitative estimate of drug-likeness (QED) is 0.525. The monoisotopic (exact) mass is 469 g/mol. The molecule has 164 valence electrons. The Morgan fingerprint density at radius 3 is 2.72 bits per heavy atom. The average molecular weight is 470 g/mol. The van der Waals surface area contributed by atoms with E-state index in [-0.39, 0.29) is 24.1 Å². The van der Waals surface area contributed by atoms with Crippen LogP contribution in [0.4, 0.5) is 15.8 Å². The van der Waals surface area contributed by atoms with Gasteiger partial charge in [-0.2, -0.15) is 0 Å². The molecule has 4 rings (SSSR count). The minimum Gasteiger partial charge on any atom is -0.497 e. The van der Waals surface area contributed by atoms with Crippen molar-refractivity contribution in [2.24, 2.45) is 4.99 Å². The molecule has 6 nitrogen and oxygen atoms in total. The van der Waals surface area contributed by atoms with Crippen molar-refractivity contribution in [3.8, 4) is 5.75 Å². The van der Waals surface area contributed by atoms with E-state index in [0.29, 0.717) is 28.8 Å². The van der Waals surface area contributed by atoms with E-state index < -0.39 is 5.25 Å². The number of thiophene rings is 1. The maximum Gasteiger partial charge on any atom is 0.243 e. The van der Waals surface area contributed by atoms with E-state index in [1.54, 1.807) is 59.7 Å². The molecule has 2 heterocycles. The summed E-state index contributed by atoms with van der Waals surface area (Å²) in [6, 6.07) is 16.7. The van der Waals surface area contributed by atoms with Gasteiger partial charge in [-0.1, -0.05) is 23.9 Å². The summed E-state index contributed by atoms with van der Waals surface area (Å²) in [7, 11) is 1.55. The smallest absolute Gasteiger partial charge is 0.243 e. The van der Waals surface area contributed by atoms with Gasteiger partial charge in [0.1, 0.15) is 16.8 Å². The number of nitrogens with zero attached hydrogens (tertiary/aromatic N) is 2. The van der Waals surface area contributed by atoms with E-state index in [1.807, 2.05) is 17.5 Å². The minimum atomic E-state index is -0.597. The predicted octanol–water partition coefficient (Wildman–Crippen LogP) is 5.06. The van der Waals surface area contributed by atoms with Gasteiger partial charge in [-0.25, -0.2) is 9.38 Å². The highest BCUT2D eigenvalue weighted by Gasteiger charge is 2.39. The van der Waals surface area contributed by atoms with Crippen LogP contribution in [0.15, 0.2) is 71.0 Å². The second-order valence-electron chi connectivity index (χ2n) is 6.97. The van der Waals surface area contributed by atoms with Gasteiger partial charge >= 0.3 is 0 Å². The molecule has 0 saturated carbocycles. The molecule has 9 heteroatoms. The molecule has 0 spiro atoms. The van der Waals surface area contributed by atoms with Crippen LogP contribution < -0.4 is 10.1 Å². The third-order valence-electron chi connectivity index (χ3n) is 4.69. The van der Waals surface area contributed by atoms with Gasteiger partial charge in [0.2, 0.25) is 11.8 Å². The Morgan fingerprint density at radius 1 is 1.19 bits per heavy atom. The van der Waals surface area contributed by atoms with Gasteiger partial charge in [-0.05, 0) is 47.8 Å². The average Bonchev–Trinajstić information content (AvgIpc) is 3.40. The molecular weight excluding hydrogens is 449 g/mol. The largest absolute Gasteiger partial charge is 0.497 e. The molecule has 1 aliphatic heterocycles. The molecule has 1 atom stereocenters. The van der Waals surface area contributed by atoms with Gasteiger partial charge in [0.05, 0.1) is 19.3 Å². The van der Waals surface area contributed by atoms with Gasteiger partial charge in [0.15, 0.2) is 5.17 Å². The summed E-state index contributed by atoms with van der Waals surface area (Å²) in [6.45, 7) is 0.373. The molecule has 32 heavy (non-hydrogen) atoms. The van der Waals surface area contributed by atoms with Crippen LogP contribution in [0.5, 0.6) is 5.75 Å². The van der Waals surface area contributed by atoms with Gasteiger partial charge in [0, 0.05) is 23.1 Å². The van der Waals surface area contributed by atoms with E-state index in [0.717, 1.165) is 4.88 Å². The number of ether oxygens (including phenoxy) is 1. The van der Waals surface area contributed by atoms with E-state index in [1.165, 1.54) is 23.9 Å². The molecule has 0 aliphatic carbocycles. The van der Waals surface area contributed by atoms with Crippen molar-refractivity contribution in [1.82, 2.24) is 4.90 Å². The Labute approximate surface area is 193 Å². The lowest BCUT2D eigenvalue weighted by molar-refractivity contribution is -0.128. The van der Waals surface area contributed by atoms with Crippen molar-refractivity contribution in [2.75, 3.05) is 12.4 Å². The number of hydrogen-bond donors (Lipinski definition) is 1. The maximum atomic E-state index is 13.3. The molecule has 1 saturated heterocycles. The van der Waals surface area contributed by atoms with Crippen molar-refractivity contribution in [3.63, 3.8) is 0 Å². The Morgan fingerprint density at radius 2 is 2.00 bits per heavy atom. The second kappa shape index (κ2) is 9.97. The van der Waals surface area contributed by atoms with Crippen LogP contribution in [0.25, 0.3) is 0 Å². The fourth-order valence-corrected chi connectivity index (χ4v) is 4.99. The topological polar surface area (TPSA) is 71.0 Å². The summed E-state index contributed by atoms with van der Waals surface area (Å²) in [4.78, 5) is 32.9. The highest BCUT2D eigenvalue weighted by Crippen LogP contribution is 2.33. The van der Waals surface area contributed by atoms with Crippen molar-refractivity contribution >= 4 is 51.5 Å². The molecule has 0 unspecified atom stereocenters. The number of amides is 2. The number of carbonyl (C=O) groups excluding carboxylic acids is 2. The van der Waals surface area contributed by atoms with Crippen LogP contribution in [0, 0.1) is 5.82 Å². The van der Waals surface area contributed by atoms with Crippen LogP contribution in [0.3, 0.4) is 0 Å². The zero-order valence-electron chi connectivity index (χ0n) is 17.2. The van der Waals surface area contributed by atoms with Crippen LogP contribution in [-0.2, 0) is 16.1 Å². The number of anilines is 1. The zero-order valence-corrected chi connectivity index (χ0v) is 18.8. The summed E-state index contributed by atoms with van der Waals surface area (Å²) in [5, 5.41) is 4.65. The standard InChI is InChI=1S/C23H20FN3O3S2/c1-30-18-5-2-4-17(12-18)25-21(28)13-20-22(29)27(14-19-6-3-11-31-19)23(32-20)26-16-9-7-15(24)8-10-16/h2-12,20H,13-14H2,1H3,(H,25,28)/t20-/m1/s1. The molecule has 1 N–H and O–H groups in total. The molecule has 1 fully saturated rings. The number of thioether (sulfide) groups is 1. The third kappa shape index (κ3) is 5.35. The van der Waals surface area contributed by atoms with Gasteiger partial charge < -0.3 is 10.1 Å². The number of benzene rings is 2. The number of nitrogens with one attached hydrogen (secondary N) is 1. The maximum absolute atomic E-state index is 13.3. The Balaban J connectivity index is 1.51. The first-order valence-electron chi connectivity index (χ1n) is 9.80. The van der Waals surface area contributed by atoms with E-state index in [4.69, 9.17) is 4.74 Å². The van der Waals surface area contributed by atoms with Gasteiger partial charge in [-0.3, -0.25) is 14.5 Å². The number of halogens is 1. The van der Waals surface area contributed by atoms with Crippen molar-refractivity contribution in [3.05, 3.63) is 76.7 Å². The summed E-state index contributed by atoms with van der Waals surface area (Å²) >= 11 is 2.79. The first-order chi connectivity index (χ1) is 15.5. The first kappa shape index (κ1) is 22.0. The van der Waals surface area contributed by atoms with E-state index in [2.05, 4.69) is 10.3 Å². The summed E-state index contributed by atoms with van der Waals surface area (Å²) in [6.07, 6.45) is 0.00406. The van der Waals surface area contributed by atoms with Crippen molar-refractivity contribution < 1.29 is 18.7 Å². The fourth-order valence-electron chi connectivity index (χ4n) is 3.14. The molecule has 0 radical (unpaired) electrons. The SMILES string of the molecule is COc1cccc(NC(=O)C[C@H]2SC(=Nc3ccc(F)cc3)N(Cc3cccs3)C2=O)c1. The Bertz CT molecular complexity index is 1130. The minimum absolute atomic E-state index is 0.00406. The van der Waals surface area contributed by atoms with Crippen molar-refractivity contribution in [2.45, 2.75) is 18.2 Å². The summed E-state index contributed by atoms with van der Waals surface area (Å²) < 4.78 is 18.4. The number of amidine groups is 1. The van der Waals surface area contributed by atoms with Gasteiger partial charge in [0.25, 0.3) is 0 Å². The number of hydrogen-bond acceptors (Lipinski definition) is 6. The zero-order chi connectivity index (χ0) is 22.5. The highest BCUT2D eigenvalue weighted by molar-refractivity contribution is 8.15. The lowest BCUT2D eigenvalue weighted by Crippen LogP contribution is -2.32. The van der Waals surface area contributed by atoms with Gasteiger partial charge in [-0.15, -0.1) is 11.3 Å². The predicted molar refractivity (Wildman–Crippen MR) is 126 cm³/mol. The molecular formula is C23H20FN3O3S2. The summed E-state index contributed by atoms with van der Waals surface area (Å²) in [5.41, 5.74) is 1.14. The molecule has 0 bridgehead atoms. The highest BCUT2D eigenvalue weighted by atomic mass is 32.2. The molecule has 1 aliphatic rings. The Kier molecular flexibility index (Phi) is 6.87. The number of methoxy groups -OCH3 is 1. The third-order valence-corrected chi connectivity index (χ3v) is 6.73. The molecule has 3 aromatic rings. The molecule has 1 aromatic heterocycles. The normalized spacial score (nSPS) is 17.1. The van der Waals surface area contributed by atoms with Crippen LogP contribution >= 0.6 is 23.1 Å². The molecule has 2 aromatic carbocycles. The summed E-state index contributed by atoms with van der Waals surface area (Å²) in [5.74, 6) is -0.176. The van der Waals surface area contributed by atoms with Crippen LogP contribution in [0.2, 0.25) is 0 Å². The fraction of sp³-hybridized carbons (Fsp3) is 0.174. The number of carbonyl (C=O) groups is 2. The first-order valence-corrected chi connectivity index (χ1v) is 11.6. The van der Waals surface area contributed by atoms with Crippen LogP contribution in [0.1, 0.15) is 11.3 Å². The number of rotatable bonds is 7. The molecule has 2 amide bonds. The lowest BCUT2D eigenvalue weighted by atomic mass is 10.2.